The normalized spacial score (nSPS) is 16.8. The minimum absolute atomic E-state index is 0.350. The summed E-state index contributed by atoms with van der Waals surface area (Å²) < 4.78 is 91.4. The highest BCUT2D eigenvalue weighted by Crippen LogP contribution is 2.53. The molecule has 0 radical (unpaired) electrons. The van der Waals surface area contributed by atoms with Crippen molar-refractivity contribution in [2.45, 2.75) is 44.1 Å². The number of hydrogen-bond donors (Lipinski definition) is 1. The van der Waals surface area contributed by atoms with Crippen LogP contribution in [0.25, 0.3) is 0 Å². The second kappa shape index (κ2) is 9.53. The molecule has 0 atom stereocenters. The van der Waals surface area contributed by atoms with Crippen molar-refractivity contribution < 1.29 is 35.8 Å². The van der Waals surface area contributed by atoms with Crippen LogP contribution in [-0.4, -0.2) is 52.4 Å². The minimum atomic E-state index is -5.72. The summed E-state index contributed by atoms with van der Waals surface area (Å²) in [6, 6.07) is 3.19. The van der Waals surface area contributed by atoms with Crippen LogP contribution >= 0.6 is 0 Å². The van der Waals surface area contributed by atoms with Gasteiger partial charge in [-0.25, -0.2) is 0 Å². The van der Waals surface area contributed by atoms with Crippen molar-refractivity contribution in [2.75, 3.05) is 45.0 Å². The van der Waals surface area contributed by atoms with Gasteiger partial charge < -0.3 is 19.7 Å². The van der Waals surface area contributed by atoms with Crippen molar-refractivity contribution in [1.29, 1.82) is 0 Å². The second-order valence-electron chi connectivity index (χ2n) is 6.91. The quantitative estimate of drug-likeness (QED) is 0.516. The predicted molar refractivity (Wildman–Crippen MR) is 96.9 cm³/mol. The Kier molecular flexibility index (Phi) is 7.80. The molecule has 2 rings (SSSR count). The number of halogens is 6. The van der Waals surface area contributed by atoms with Crippen molar-refractivity contribution in [3.05, 3.63) is 29.3 Å². The molecule has 1 fully saturated rings. The van der Waals surface area contributed by atoms with Gasteiger partial charge in [0.15, 0.2) is 0 Å². The Hall–Kier alpha value is -1.52. The molecule has 1 saturated heterocycles. The topological polar surface area (TPSA) is 33.7 Å². The van der Waals surface area contributed by atoms with Crippen LogP contribution in [0.4, 0.5) is 32.0 Å². The average Bonchev–Trinajstić information content (AvgIpc) is 2.90. The molecule has 166 valence electrons. The number of rotatable bonds is 7. The maximum absolute atomic E-state index is 13.8. The number of ether oxygens (including phenoxy) is 2. The third kappa shape index (κ3) is 4.97. The van der Waals surface area contributed by atoms with Gasteiger partial charge >= 0.3 is 12.4 Å². The highest BCUT2D eigenvalue weighted by molar-refractivity contribution is 5.56. The lowest BCUT2D eigenvalue weighted by molar-refractivity contribution is -0.400. The Labute approximate surface area is 166 Å². The lowest BCUT2D eigenvalue weighted by Gasteiger charge is -2.37. The van der Waals surface area contributed by atoms with E-state index >= 15 is 0 Å². The molecule has 0 bridgehead atoms. The lowest BCUT2D eigenvalue weighted by atomic mass is 9.89. The number of nitrogens with zero attached hydrogens (tertiary/aromatic N) is 1. The van der Waals surface area contributed by atoms with Crippen LogP contribution in [0.3, 0.4) is 0 Å². The summed E-state index contributed by atoms with van der Waals surface area (Å²) in [6.07, 6.45) is -9.68. The van der Waals surface area contributed by atoms with Crippen LogP contribution in [0, 0.1) is 0 Å². The molecular weight excluding hydrogens is 402 g/mol. The summed E-state index contributed by atoms with van der Waals surface area (Å²) in [6.45, 7) is 3.48. The maximum Gasteiger partial charge on any atom is 0.430 e. The number of anilines is 1. The van der Waals surface area contributed by atoms with Crippen molar-refractivity contribution in [3.8, 4) is 0 Å². The van der Waals surface area contributed by atoms with Gasteiger partial charge in [-0.05, 0) is 31.0 Å². The van der Waals surface area contributed by atoms with Gasteiger partial charge in [0.2, 0.25) is 0 Å². The van der Waals surface area contributed by atoms with E-state index in [2.05, 4.69) is 14.8 Å². The van der Waals surface area contributed by atoms with E-state index in [4.69, 9.17) is 0 Å². The molecule has 1 aromatic rings. The zero-order valence-corrected chi connectivity index (χ0v) is 16.4. The lowest BCUT2D eigenvalue weighted by Crippen LogP contribution is -2.56. The molecule has 0 unspecified atom stereocenters. The fourth-order valence-electron chi connectivity index (χ4n) is 3.55. The van der Waals surface area contributed by atoms with Crippen LogP contribution in [-0.2, 0) is 21.5 Å². The van der Waals surface area contributed by atoms with Crippen LogP contribution in [0.15, 0.2) is 18.2 Å². The molecule has 4 nitrogen and oxygen atoms in total. The van der Waals surface area contributed by atoms with Gasteiger partial charge in [0.25, 0.3) is 5.60 Å². The second-order valence-corrected chi connectivity index (χ2v) is 6.91. The molecule has 10 heteroatoms. The van der Waals surface area contributed by atoms with E-state index in [1.54, 1.807) is 0 Å². The Morgan fingerprint density at radius 1 is 1.03 bits per heavy atom. The minimum Gasteiger partial charge on any atom is -0.370 e. The molecule has 0 aromatic heterocycles. The maximum atomic E-state index is 13.8. The summed E-state index contributed by atoms with van der Waals surface area (Å²) in [5.41, 5.74) is -4.36. The average molecular weight is 428 g/mol. The number of benzene rings is 1. The zero-order chi connectivity index (χ0) is 21.7. The van der Waals surface area contributed by atoms with Crippen LogP contribution in [0.2, 0.25) is 0 Å². The summed E-state index contributed by atoms with van der Waals surface area (Å²) in [4.78, 5) is 1.99. The number of hydrogen-bond acceptors (Lipinski definition) is 4. The van der Waals surface area contributed by atoms with Crippen LogP contribution in [0.5, 0.6) is 0 Å². The third-order valence-electron chi connectivity index (χ3n) is 4.88. The zero-order valence-electron chi connectivity index (χ0n) is 16.4. The van der Waals surface area contributed by atoms with E-state index in [1.807, 2.05) is 11.8 Å². The Morgan fingerprint density at radius 3 is 2.31 bits per heavy atom. The van der Waals surface area contributed by atoms with Crippen molar-refractivity contribution in [3.63, 3.8) is 0 Å². The van der Waals surface area contributed by atoms with Crippen LogP contribution in [0.1, 0.15) is 30.9 Å². The largest absolute Gasteiger partial charge is 0.430 e. The third-order valence-corrected chi connectivity index (χ3v) is 4.88. The van der Waals surface area contributed by atoms with Gasteiger partial charge in [-0.2, -0.15) is 26.3 Å². The molecule has 1 heterocycles. The van der Waals surface area contributed by atoms with E-state index in [9.17, 15) is 26.3 Å². The SMILES string of the molecule is CCCc1cc(C(OCOC)(C(F)(F)F)C(F)(F)F)ccc1N1CCCNCC1. The monoisotopic (exact) mass is 428 g/mol. The Morgan fingerprint density at radius 2 is 1.72 bits per heavy atom. The van der Waals surface area contributed by atoms with E-state index in [0.29, 0.717) is 43.7 Å². The molecule has 0 aliphatic carbocycles. The number of alkyl halides is 6. The molecular formula is C19H26F6N2O2. The van der Waals surface area contributed by atoms with Gasteiger partial charge in [0.05, 0.1) is 0 Å². The predicted octanol–water partition coefficient (Wildman–Crippen LogP) is 4.38. The van der Waals surface area contributed by atoms with E-state index < -0.39 is 30.3 Å². The Bertz CT molecular complexity index is 641. The smallest absolute Gasteiger partial charge is 0.370 e. The highest BCUT2D eigenvalue weighted by Gasteiger charge is 2.73. The fraction of sp³-hybridized carbons (Fsp3) is 0.684. The summed E-state index contributed by atoms with van der Waals surface area (Å²) in [7, 11) is 0.969. The van der Waals surface area contributed by atoms with Crippen molar-refractivity contribution >= 4 is 5.69 Å². The van der Waals surface area contributed by atoms with Crippen molar-refractivity contribution in [2.24, 2.45) is 0 Å². The Balaban J connectivity index is 2.60. The number of nitrogens with one attached hydrogen (secondary N) is 1. The number of aryl methyl sites for hydroxylation is 1. The molecule has 0 saturated carbocycles. The van der Waals surface area contributed by atoms with Gasteiger partial charge in [0, 0.05) is 38.0 Å². The molecule has 1 aliphatic heterocycles. The first-order valence-corrected chi connectivity index (χ1v) is 9.44. The van der Waals surface area contributed by atoms with Gasteiger partial charge in [-0.1, -0.05) is 25.5 Å². The molecule has 1 aliphatic rings. The molecule has 1 aromatic carbocycles. The first-order valence-electron chi connectivity index (χ1n) is 9.44. The molecule has 0 amide bonds. The standard InChI is InChI=1S/C19H26F6N2O2/c1-3-5-14-12-15(6-7-16(14)27-10-4-8-26-9-11-27)17(18(20,21)22,19(23,24)25)29-13-28-2/h6-7,12,26H,3-5,8-11,13H2,1-2H3. The van der Waals surface area contributed by atoms with Gasteiger partial charge in [0.1, 0.15) is 6.79 Å². The van der Waals surface area contributed by atoms with E-state index in [0.717, 1.165) is 32.2 Å². The molecule has 29 heavy (non-hydrogen) atoms. The van der Waals surface area contributed by atoms with Gasteiger partial charge in [-0.15, -0.1) is 0 Å². The van der Waals surface area contributed by atoms with Gasteiger partial charge in [-0.3, -0.25) is 0 Å². The first-order chi connectivity index (χ1) is 13.6. The molecule has 1 N–H and O–H groups in total. The summed E-state index contributed by atoms with van der Waals surface area (Å²) >= 11 is 0. The molecule has 0 spiro atoms. The first kappa shape index (κ1) is 23.8. The number of methoxy groups -OCH3 is 1. The van der Waals surface area contributed by atoms with Crippen LogP contribution < -0.4 is 10.2 Å². The highest BCUT2D eigenvalue weighted by atomic mass is 19.4. The van der Waals surface area contributed by atoms with Crippen molar-refractivity contribution in [1.82, 2.24) is 5.32 Å². The fourth-order valence-corrected chi connectivity index (χ4v) is 3.55. The van der Waals surface area contributed by atoms with E-state index in [1.165, 1.54) is 6.07 Å². The summed E-state index contributed by atoms with van der Waals surface area (Å²) in [5.74, 6) is 0. The van der Waals surface area contributed by atoms with E-state index in [-0.39, 0.29) is 0 Å². The summed E-state index contributed by atoms with van der Waals surface area (Å²) in [5, 5.41) is 3.22.